The molecule has 1 aliphatic heterocycles. The van der Waals surface area contributed by atoms with Gasteiger partial charge < -0.3 is 24.8 Å². The maximum absolute atomic E-state index is 5.38. The van der Waals surface area contributed by atoms with Crippen LogP contribution in [-0.4, -0.2) is 63.4 Å². The highest BCUT2D eigenvalue weighted by Gasteiger charge is 2.23. The average molecular weight is 541 g/mol. The molecule has 1 aromatic carbocycles. The van der Waals surface area contributed by atoms with E-state index in [4.69, 9.17) is 14.2 Å². The summed E-state index contributed by atoms with van der Waals surface area (Å²) in [5.41, 5.74) is 2.25. The Balaban J connectivity index is 0.00000341. The first-order valence-corrected chi connectivity index (χ1v) is 10.0. The highest BCUT2D eigenvalue weighted by atomic mass is 127. The van der Waals surface area contributed by atoms with Gasteiger partial charge in [0.05, 0.1) is 21.3 Å². The lowest BCUT2D eigenvalue weighted by Crippen LogP contribution is -2.44. The first-order chi connectivity index (χ1) is 14.6. The van der Waals surface area contributed by atoms with Gasteiger partial charge in [0.1, 0.15) is 11.5 Å². The minimum Gasteiger partial charge on any atom is -0.497 e. The van der Waals surface area contributed by atoms with Gasteiger partial charge in [-0.05, 0) is 29.7 Å². The number of aliphatic imine (C=N–C) groups is 1. The van der Waals surface area contributed by atoms with Crippen LogP contribution in [-0.2, 0) is 13.1 Å². The Morgan fingerprint density at radius 2 is 1.84 bits per heavy atom. The van der Waals surface area contributed by atoms with Crippen LogP contribution in [0.5, 0.6) is 17.4 Å². The van der Waals surface area contributed by atoms with Crippen LogP contribution in [0.1, 0.15) is 17.5 Å². The van der Waals surface area contributed by atoms with Crippen molar-refractivity contribution >= 4 is 29.9 Å². The maximum atomic E-state index is 5.38. The van der Waals surface area contributed by atoms with Crippen LogP contribution in [0.4, 0.5) is 0 Å². The number of nitrogens with one attached hydrogen (secondary N) is 2. The van der Waals surface area contributed by atoms with Crippen molar-refractivity contribution in [3.63, 3.8) is 0 Å². The Morgan fingerprint density at radius 1 is 1.10 bits per heavy atom. The summed E-state index contributed by atoms with van der Waals surface area (Å²) in [5.74, 6) is 3.04. The fourth-order valence-electron chi connectivity index (χ4n) is 3.52. The van der Waals surface area contributed by atoms with E-state index in [1.54, 1.807) is 34.6 Å². The van der Waals surface area contributed by atoms with E-state index >= 15 is 0 Å². The highest BCUT2D eigenvalue weighted by Crippen LogP contribution is 2.24. The number of benzene rings is 1. The molecular weight excluding hydrogens is 509 g/mol. The molecule has 1 fully saturated rings. The third-order valence-electron chi connectivity index (χ3n) is 5.12. The first-order valence-electron chi connectivity index (χ1n) is 10.0. The summed E-state index contributed by atoms with van der Waals surface area (Å²) in [7, 11) is 6.75. The van der Waals surface area contributed by atoms with Gasteiger partial charge in [-0.1, -0.05) is 6.07 Å². The molecule has 0 aliphatic carbocycles. The molecule has 0 radical (unpaired) electrons. The van der Waals surface area contributed by atoms with Gasteiger partial charge in [0.2, 0.25) is 5.88 Å². The van der Waals surface area contributed by atoms with Gasteiger partial charge in [-0.15, -0.1) is 24.0 Å². The first kappa shape index (κ1) is 25.0. The molecule has 1 aromatic heterocycles. The number of guanidine groups is 1. The molecule has 2 heterocycles. The van der Waals surface area contributed by atoms with E-state index in [2.05, 4.69) is 37.6 Å². The number of rotatable bonds is 8. The third-order valence-corrected chi connectivity index (χ3v) is 5.12. The van der Waals surface area contributed by atoms with Gasteiger partial charge in [-0.3, -0.25) is 9.89 Å². The molecule has 1 aliphatic rings. The number of nitrogens with zero attached hydrogens (tertiary/aromatic N) is 3. The fourth-order valence-corrected chi connectivity index (χ4v) is 3.52. The van der Waals surface area contributed by atoms with Crippen molar-refractivity contribution in [2.75, 3.05) is 41.5 Å². The largest absolute Gasteiger partial charge is 0.497 e. The van der Waals surface area contributed by atoms with Crippen LogP contribution >= 0.6 is 24.0 Å². The molecule has 3 rings (SSSR count). The SMILES string of the molecule is CN=C(NCc1ccc(OC)nc1)NC1CCN(Cc2cc(OC)cc(OC)c2)C1.I. The molecule has 1 saturated heterocycles. The Bertz CT molecular complexity index is 825. The highest BCUT2D eigenvalue weighted by molar-refractivity contribution is 14.0. The molecule has 0 saturated carbocycles. The van der Waals surface area contributed by atoms with Crippen molar-refractivity contribution < 1.29 is 14.2 Å². The lowest BCUT2D eigenvalue weighted by molar-refractivity contribution is 0.321. The van der Waals surface area contributed by atoms with Crippen molar-refractivity contribution in [2.24, 2.45) is 4.99 Å². The Labute approximate surface area is 201 Å². The van der Waals surface area contributed by atoms with Crippen molar-refractivity contribution in [3.8, 4) is 17.4 Å². The number of methoxy groups -OCH3 is 3. The molecule has 0 amide bonds. The predicted molar refractivity (Wildman–Crippen MR) is 133 cm³/mol. The van der Waals surface area contributed by atoms with E-state index in [0.717, 1.165) is 49.1 Å². The topological polar surface area (TPSA) is 80.2 Å². The number of hydrogen-bond acceptors (Lipinski definition) is 6. The van der Waals surface area contributed by atoms with Crippen LogP contribution in [0.15, 0.2) is 41.5 Å². The summed E-state index contributed by atoms with van der Waals surface area (Å²) in [6, 6.07) is 10.2. The molecule has 2 N–H and O–H groups in total. The number of likely N-dealkylation sites (tertiary alicyclic amines) is 1. The standard InChI is InChI=1S/C22H31N5O3.HI/c1-23-22(25-13-16-5-6-21(30-4)24-12-16)26-18-7-8-27(15-18)14-17-9-19(28-2)11-20(10-17)29-3;/h5-6,9-12,18H,7-8,13-15H2,1-4H3,(H2,23,25,26);1H. The van der Waals surface area contributed by atoms with Crippen molar-refractivity contribution in [1.29, 1.82) is 0 Å². The van der Waals surface area contributed by atoms with Gasteiger partial charge in [-0.2, -0.15) is 0 Å². The Hall–Kier alpha value is -2.27. The lowest BCUT2D eigenvalue weighted by Gasteiger charge is -2.19. The molecule has 1 atom stereocenters. The average Bonchev–Trinajstić information content (AvgIpc) is 3.23. The number of aromatic nitrogens is 1. The quantitative estimate of drug-likeness (QED) is 0.302. The van der Waals surface area contributed by atoms with E-state index in [9.17, 15) is 0 Å². The van der Waals surface area contributed by atoms with Crippen LogP contribution < -0.4 is 24.8 Å². The zero-order valence-electron chi connectivity index (χ0n) is 18.6. The number of pyridine rings is 1. The number of ether oxygens (including phenoxy) is 3. The molecule has 9 heteroatoms. The summed E-state index contributed by atoms with van der Waals surface area (Å²) in [5, 5.41) is 6.87. The Morgan fingerprint density at radius 3 is 2.42 bits per heavy atom. The monoisotopic (exact) mass is 541 g/mol. The fraction of sp³-hybridized carbons (Fsp3) is 0.455. The summed E-state index contributed by atoms with van der Waals surface area (Å²) in [6.07, 6.45) is 2.87. The minimum absolute atomic E-state index is 0. The van der Waals surface area contributed by atoms with Crippen molar-refractivity contribution in [2.45, 2.75) is 25.6 Å². The smallest absolute Gasteiger partial charge is 0.212 e. The van der Waals surface area contributed by atoms with Crippen LogP contribution in [0.2, 0.25) is 0 Å². The van der Waals surface area contributed by atoms with Gasteiger partial charge in [-0.25, -0.2) is 4.98 Å². The van der Waals surface area contributed by atoms with E-state index in [-0.39, 0.29) is 24.0 Å². The molecular formula is C22H32IN5O3. The lowest BCUT2D eigenvalue weighted by atomic mass is 10.2. The van der Waals surface area contributed by atoms with Crippen molar-refractivity contribution in [3.05, 3.63) is 47.7 Å². The second-order valence-electron chi connectivity index (χ2n) is 7.22. The van der Waals surface area contributed by atoms with E-state index in [1.165, 1.54) is 5.56 Å². The van der Waals surface area contributed by atoms with E-state index < -0.39 is 0 Å². The van der Waals surface area contributed by atoms with Gasteiger partial charge in [0, 0.05) is 57.6 Å². The zero-order chi connectivity index (χ0) is 21.3. The maximum Gasteiger partial charge on any atom is 0.212 e. The Kier molecular flexibility index (Phi) is 10.1. The summed E-state index contributed by atoms with van der Waals surface area (Å²) in [4.78, 5) is 11.0. The van der Waals surface area contributed by atoms with Gasteiger partial charge in [0.15, 0.2) is 5.96 Å². The van der Waals surface area contributed by atoms with Gasteiger partial charge >= 0.3 is 0 Å². The second kappa shape index (κ2) is 12.6. The molecule has 1 unspecified atom stereocenters. The predicted octanol–water partition coefficient (Wildman–Crippen LogP) is 2.66. The molecule has 8 nitrogen and oxygen atoms in total. The summed E-state index contributed by atoms with van der Waals surface area (Å²) >= 11 is 0. The van der Waals surface area contributed by atoms with Crippen LogP contribution in [0.3, 0.4) is 0 Å². The van der Waals surface area contributed by atoms with E-state index in [0.29, 0.717) is 18.5 Å². The van der Waals surface area contributed by atoms with Gasteiger partial charge in [0.25, 0.3) is 0 Å². The van der Waals surface area contributed by atoms with Crippen molar-refractivity contribution in [1.82, 2.24) is 20.5 Å². The molecule has 170 valence electrons. The number of hydrogen-bond donors (Lipinski definition) is 2. The molecule has 0 spiro atoms. The van der Waals surface area contributed by atoms with Crippen LogP contribution in [0.25, 0.3) is 0 Å². The minimum atomic E-state index is 0. The molecule has 0 bridgehead atoms. The summed E-state index contributed by atoms with van der Waals surface area (Å²) in [6.45, 7) is 3.48. The van der Waals surface area contributed by atoms with Crippen LogP contribution in [0, 0.1) is 0 Å². The normalized spacial score (nSPS) is 16.4. The van der Waals surface area contributed by atoms with E-state index in [1.807, 2.05) is 18.2 Å². The number of halogens is 1. The molecule has 2 aromatic rings. The second-order valence-corrected chi connectivity index (χ2v) is 7.22. The third kappa shape index (κ3) is 7.42. The molecule has 31 heavy (non-hydrogen) atoms. The zero-order valence-corrected chi connectivity index (χ0v) is 20.9. The summed E-state index contributed by atoms with van der Waals surface area (Å²) < 4.78 is 15.9.